The Hall–Kier alpha value is -4.99. The fourth-order valence-electron chi connectivity index (χ4n) is 6.08. The zero-order valence-electron chi connectivity index (χ0n) is 19.7. The Labute approximate surface area is 215 Å². The number of hydrogen-bond donors (Lipinski definition) is 0. The summed E-state index contributed by atoms with van der Waals surface area (Å²) in [6, 6.07) is 16.3. The average molecular weight is 509 g/mol. The molecule has 4 aliphatic heterocycles. The smallest absolute Gasteiger partial charge is 0.270 e. The molecule has 0 unspecified atom stereocenters. The molecule has 0 N–H and O–H groups in total. The van der Waals surface area contributed by atoms with Gasteiger partial charge in [-0.1, -0.05) is 36.4 Å². The molecule has 0 aliphatic carbocycles. The van der Waals surface area contributed by atoms with Crippen LogP contribution in [0.15, 0.2) is 72.9 Å². The number of nitro groups is 1. The summed E-state index contributed by atoms with van der Waals surface area (Å²) in [5.41, 5.74) is 1.96. The van der Waals surface area contributed by atoms with Crippen molar-refractivity contribution in [3.8, 4) is 11.5 Å². The first-order valence-corrected chi connectivity index (χ1v) is 12.0. The van der Waals surface area contributed by atoms with Crippen LogP contribution in [0.2, 0.25) is 0 Å². The average Bonchev–Trinajstić information content (AvgIpc) is 3.61. The maximum absolute atomic E-state index is 14.0. The highest BCUT2D eigenvalue weighted by Gasteiger charge is 2.64. The topological polar surface area (TPSA) is 119 Å². The summed E-state index contributed by atoms with van der Waals surface area (Å²) >= 11 is 0. The van der Waals surface area contributed by atoms with E-state index in [9.17, 15) is 24.5 Å². The molecule has 0 radical (unpaired) electrons. The zero-order chi connectivity index (χ0) is 26.1. The second kappa shape index (κ2) is 8.01. The van der Waals surface area contributed by atoms with Crippen LogP contribution in [0.25, 0.3) is 6.08 Å². The third kappa shape index (κ3) is 3.03. The highest BCUT2D eigenvalue weighted by molar-refractivity contribution is 6.24. The van der Waals surface area contributed by atoms with Crippen LogP contribution in [0.1, 0.15) is 27.5 Å². The summed E-state index contributed by atoms with van der Waals surface area (Å²) in [7, 11) is 0. The van der Waals surface area contributed by atoms with E-state index in [0.29, 0.717) is 17.2 Å². The largest absolute Gasteiger partial charge is 0.454 e. The molecule has 2 fully saturated rings. The van der Waals surface area contributed by atoms with E-state index in [2.05, 4.69) is 0 Å². The Morgan fingerprint density at radius 2 is 1.71 bits per heavy atom. The van der Waals surface area contributed by atoms with Gasteiger partial charge in [-0.3, -0.25) is 24.5 Å². The van der Waals surface area contributed by atoms with Gasteiger partial charge >= 0.3 is 0 Å². The number of nitrogens with zero attached hydrogens (tertiary/aromatic N) is 3. The van der Waals surface area contributed by atoms with Crippen molar-refractivity contribution >= 4 is 35.0 Å². The van der Waals surface area contributed by atoms with E-state index in [1.54, 1.807) is 29.3 Å². The minimum absolute atomic E-state index is 0.0475. The predicted octanol–water partition coefficient (Wildman–Crippen LogP) is 3.72. The number of amides is 2. The number of Topliss-reactive ketones (excluding diaryl/α,β-unsaturated/α-hetero) is 1. The van der Waals surface area contributed by atoms with Crippen molar-refractivity contribution in [3.63, 3.8) is 0 Å². The summed E-state index contributed by atoms with van der Waals surface area (Å²) in [6.45, 7) is 0.0475. The van der Waals surface area contributed by atoms with Crippen molar-refractivity contribution in [3.05, 3.63) is 99.7 Å². The van der Waals surface area contributed by atoms with Crippen molar-refractivity contribution < 1.29 is 28.8 Å². The highest BCUT2D eigenvalue weighted by atomic mass is 16.7. The van der Waals surface area contributed by atoms with Gasteiger partial charge in [-0.2, -0.15) is 0 Å². The normalized spacial score (nSPS) is 24.3. The molecule has 2 amide bonds. The van der Waals surface area contributed by atoms with Gasteiger partial charge in [-0.05, 0) is 29.3 Å². The molecule has 3 aromatic rings. The van der Waals surface area contributed by atoms with E-state index < -0.39 is 46.4 Å². The number of imide groups is 1. The van der Waals surface area contributed by atoms with Crippen LogP contribution < -0.4 is 14.4 Å². The summed E-state index contributed by atoms with van der Waals surface area (Å²) < 4.78 is 10.8. The molecule has 3 aromatic carbocycles. The fraction of sp³-hybridized carbons (Fsp3) is 0.179. The van der Waals surface area contributed by atoms with Gasteiger partial charge in [0.25, 0.3) is 5.69 Å². The SMILES string of the molecule is O=C(c1cccc([N+](=O)[O-])c1)[C@@H]1[C@@H]2C(=O)N(c3ccc4c(c3)OCO4)C(=O)[C@@H]2[C@H]2c3ccccc3C=CN12. The molecule has 10 heteroatoms. The number of carbonyl (C=O) groups excluding carboxylic acids is 3. The molecule has 0 aromatic heterocycles. The summed E-state index contributed by atoms with van der Waals surface area (Å²) in [4.78, 5) is 55.6. The number of ether oxygens (including phenoxy) is 2. The van der Waals surface area contributed by atoms with E-state index in [-0.39, 0.29) is 18.0 Å². The minimum Gasteiger partial charge on any atom is -0.454 e. The van der Waals surface area contributed by atoms with E-state index in [4.69, 9.17) is 9.47 Å². The maximum atomic E-state index is 14.0. The number of hydrogen-bond acceptors (Lipinski definition) is 8. The molecule has 4 aliphatic rings. The Bertz CT molecular complexity index is 1600. The number of fused-ring (bicyclic) bond motifs is 6. The number of benzene rings is 3. The van der Waals surface area contributed by atoms with Crippen LogP contribution in [0.4, 0.5) is 11.4 Å². The van der Waals surface area contributed by atoms with Crippen molar-refractivity contribution in [2.24, 2.45) is 11.8 Å². The van der Waals surface area contributed by atoms with Gasteiger partial charge in [0.05, 0.1) is 28.5 Å². The second-order valence-electron chi connectivity index (χ2n) is 9.55. The van der Waals surface area contributed by atoms with Gasteiger partial charge in [0.1, 0.15) is 6.04 Å². The third-order valence-electron chi connectivity index (χ3n) is 7.69. The molecular formula is C28H19N3O7. The monoisotopic (exact) mass is 509 g/mol. The van der Waals surface area contributed by atoms with E-state index in [1.807, 2.05) is 30.3 Å². The fourth-order valence-corrected chi connectivity index (χ4v) is 6.08. The molecule has 0 bridgehead atoms. The van der Waals surface area contributed by atoms with E-state index in [0.717, 1.165) is 16.0 Å². The third-order valence-corrected chi connectivity index (χ3v) is 7.69. The molecule has 10 nitrogen and oxygen atoms in total. The lowest BCUT2D eigenvalue weighted by molar-refractivity contribution is -0.384. The lowest BCUT2D eigenvalue weighted by atomic mass is 9.83. The molecule has 38 heavy (non-hydrogen) atoms. The van der Waals surface area contributed by atoms with Crippen LogP contribution >= 0.6 is 0 Å². The standard InChI is InChI=1S/C28H19N3O7/c32-26(16-5-3-6-18(12-16)31(35)36)25-23-22(24-19-7-2-1-4-15(19)10-11-29(24)25)27(33)30(28(23)34)17-8-9-20-21(13-17)38-14-37-20/h1-13,22-25H,14H2/t22-,23+,24+,25-/m0/s1. The van der Waals surface area contributed by atoms with Gasteiger partial charge in [0.2, 0.25) is 18.6 Å². The number of rotatable bonds is 4. The quantitative estimate of drug-likeness (QED) is 0.226. The molecule has 7 rings (SSSR count). The molecule has 4 heterocycles. The van der Waals surface area contributed by atoms with Crippen LogP contribution in [-0.2, 0) is 9.59 Å². The molecule has 188 valence electrons. The lowest BCUT2D eigenvalue weighted by Crippen LogP contribution is -2.44. The summed E-state index contributed by atoms with van der Waals surface area (Å²) in [5.74, 6) is -2.23. The Kier molecular flexibility index (Phi) is 4.68. The molecule has 0 spiro atoms. The lowest BCUT2D eigenvalue weighted by Gasteiger charge is -2.35. The summed E-state index contributed by atoms with van der Waals surface area (Å²) in [5, 5.41) is 11.4. The number of nitro benzene ring substituents is 1. The Morgan fingerprint density at radius 3 is 2.55 bits per heavy atom. The second-order valence-corrected chi connectivity index (χ2v) is 9.55. The Morgan fingerprint density at radius 1 is 0.921 bits per heavy atom. The Balaban J connectivity index is 1.35. The van der Waals surface area contributed by atoms with Gasteiger partial charge < -0.3 is 14.4 Å². The van der Waals surface area contributed by atoms with Gasteiger partial charge in [-0.25, -0.2) is 4.90 Å². The van der Waals surface area contributed by atoms with Gasteiger partial charge in [0, 0.05) is 30.0 Å². The summed E-state index contributed by atoms with van der Waals surface area (Å²) in [6.07, 6.45) is 3.60. The maximum Gasteiger partial charge on any atom is 0.270 e. The van der Waals surface area contributed by atoms with Crippen LogP contribution in [0, 0.1) is 22.0 Å². The number of anilines is 1. The van der Waals surface area contributed by atoms with E-state index in [1.165, 1.54) is 24.3 Å². The molecular weight excluding hydrogens is 490 g/mol. The van der Waals surface area contributed by atoms with E-state index >= 15 is 0 Å². The van der Waals surface area contributed by atoms with Crippen LogP contribution in [0.5, 0.6) is 11.5 Å². The predicted molar refractivity (Wildman–Crippen MR) is 133 cm³/mol. The first-order chi connectivity index (χ1) is 18.4. The first-order valence-electron chi connectivity index (χ1n) is 12.0. The molecule has 2 saturated heterocycles. The van der Waals surface area contributed by atoms with Gasteiger partial charge in [0.15, 0.2) is 17.3 Å². The number of carbonyl (C=O) groups is 3. The highest BCUT2D eigenvalue weighted by Crippen LogP contribution is 2.54. The minimum atomic E-state index is -1.02. The molecule has 0 saturated carbocycles. The number of non-ortho nitro benzene ring substituents is 1. The van der Waals surface area contributed by atoms with Crippen LogP contribution in [0.3, 0.4) is 0 Å². The van der Waals surface area contributed by atoms with Crippen molar-refractivity contribution in [2.75, 3.05) is 11.7 Å². The van der Waals surface area contributed by atoms with Crippen LogP contribution in [-0.4, -0.2) is 40.3 Å². The zero-order valence-corrected chi connectivity index (χ0v) is 19.7. The molecule has 4 atom stereocenters. The number of ketones is 1. The first kappa shape index (κ1) is 22.2. The van der Waals surface area contributed by atoms with Crippen molar-refractivity contribution in [1.29, 1.82) is 0 Å². The van der Waals surface area contributed by atoms with Crippen molar-refractivity contribution in [1.82, 2.24) is 4.90 Å². The van der Waals surface area contributed by atoms with Crippen molar-refractivity contribution in [2.45, 2.75) is 12.1 Å². The van der Waals surface area contributed by atoms with Gasteiger partial charge in [-0.15, -0.1) is 0 Å².